The average Bonchev–Trinajstić information content (AvgIpc) is 3.19. The normalized spacial score (nSPS) is 20.6. The van der Waals surface area contributed by atoms with E-state index < -0.39 is 0 Å². The molecule has 5 nitrogen and oxygen atoms in total. The van der Waals surface area contributed by atoms with Gasteiger partial charge in [-0.15, -0.1) is 0 Å². The number of hydrogen-bond donors (Lipinski definition) is 1. The van der Waals surface area contributed by atoms with Gasteiger partial charge in [0.25, 0.3) is 0 Å². The van der Waals surface area contributed by atoms with E-state index in [1.807, 2.05) is 30.3 Å². The Morgan fingerprint density at radius 3 is 2.59 bits per heavy atom. The Kier molecular flexibility index (Phi) is 7.69. The maximum Gasteiger partial charge on any atom is 0.242 e. The summed E-state index contributed by atoms with van der Waals surface area (Å²) in [5, 5.41) is 3.00. The first-order valence-corrected chi connectivity index (χ1v) is 10.5. The predicted octanol–water partition coefficient (Wildman–Crippen LogP) is 3.08. The third kappa shape index (κ3) is 6.06. The highest BCUT2D eigenvalue weighted by Gasteiger charge is 2.33. The molecule has 1 saturated heterocycles. The molecule has 27 heavy (non-hydrogen) atoms. The SMILES string of the molecule is O=C(NCCCOC1CCCCC1)[C@@H]1CCCN1C(=O)Cc1ccccc1. The molecular formula is C22H32N2O3. The summed E-state index contributed by atoms with van der Waals surface area (Å²) < 4.78 is 5.90. The Bertz CT molecular complexity index is 599. The molecule has 0 spiro atoms. The van der Waals surface area contributed by atoms with Crippen molar-refractivity contribution in [3.63, 3.8) is 0 Å². The lowest BCUT2D eigenvalue weighted by Gasteiger charge is -2.24. The second kappa shape index (κ2) is 10.5. The maximum atomic E-state index is 12.6. The fourth-order valence-corrected chi connectivity index (χ4v) is 4.09. The van der Waals surface area contributed by atoms with Crippen LogP contribution in [0.15, 0.2) is 30.3 Å². The van der Waals surface area contributed by atoms with Gasteiger partial charge in [0.05, 0.1) is 12.5 Å². The van der Waals surface area contributed by atoms with Crippen LogP contribution in [0.25, 0.3) is 0 Å². The van der Waals surface area contributed by atoms with Crippen LogP contribution in [0, 0.1) is 0 Å². The number of nitrogens with one attached hydrogen (secondary N) is 1. The average molecular weight is 373 g/mol. The van der Waals surface area contributed by atoms with E-state index in [1.165, 1.54) is 32.1 Å². The van der Waals surface area contributed by atoms with Crippen molar-refractivity contribution in [2.75, 3.05) is 19.7 Å². The minimum atomic E-state index is -0.319. The van der Waals surface area contributed by atoms with Crippen molar-refractivity contribution in [1.29, 1.82) is 0 Å². The molecule has 1 atom stereocenters. The van der Waals surface area contributed by atoms with Gasteiger partial charge in [-0.2, -0.15) is 0 Å². The smallest absolute Gasteiger partial charge is 0.242 e. The first-order valence-electron chi connectivity index (χ1n) is 10.5. The number of hydrogen-bond acceptors (Lipinski definition) is 3. The molecule has 1 saturated carbocycles. The molecule has 0 aromatic heterocycles. The zero-order valence-corrected chi connectivity index (χ0v) is 16.2. The largest absolute Gasteiger partial charge is 0.378 e. The summed E-state index contributed by atoms with van der Waals surface area (Å²) in [5.74, 6) is 0.0195. The van der Waals surface area contributed by atoms with Crippen LogP contribution < -0.4 is 5.32 Å². The molecule has 2 amide bonds. The van der Waals surface area contributed by atoms with Crippen LogP contribution in [0.4, 0.5) is 0 Å². The first-order chi connectivity index (χ1) is 13.2. The van der Waals surface area contributed by atoms with Crippen molar-refractivity contribution >= 4 is 11.8 Å². The number of amides is 2. The molecule has 2 aliphatic rings. The van der Waals surface area contributed by atoms with Gasteiger partial charge in [0, 0.05) is 19.7 Å². The summed E-state index contributed by atoms with van der Waals surface area (Å²) in [7, 11) is 0. The third-order valence-electron chi connectivity index (χ3n) is 5.60. The van der Waals surface area contributed by atoms with Gasteiger partial charge in [-0.05, 0) is 37.7 Å². The lowest BCUT2D eigenvalue weighted by Crippen LogP contribution is -2.46. The van der Waals surface area contributed by atoms with Gasteiger partial charge in [-0.25, -0.2) is 0 Å². The zero-order chi connectivity index (χ0) is 18.9. The summed E-state index contributed by atoms with van der Waals surface area (Å²) in [6.45, 7) is 1.99. The van der Waals surface area contributed by atoms with Crippen molar-refractivity contribution in [1.82, 2.24) is 10.2 Å². The van der Waals surface area contributed by atoms with Crippen molar-refractivity contribution in [2.45, 2.75) is 69.9 Å². The Labute approximate surface area is 162 Å². The quantitative estimate of drug-likeness (QED) is 0.714. The Hall–Kier alpha value is -1.88. The molecule has 1 aromatic rings. The number of rotatable bonds is 8. The number of benzene rings is 1. The molecule has 0 bridgehead atoms. The first kappa shape index (κ1) is 19.9. The van der Waals surface area contributed by atoms with E-state index in [-0.39, 0.29) is 17.9 Å². The molecule has 3 rings (SSSR count). The molecule has 0 radical (unpaired) electrons. The highest BCUT2D eigenvalue weighted by Crippen LogP contribution is 2.21. The van der Waals surface area contributed by atoms with Gasteiger partial charge in [0.15, 0.2) is 0 Å². The van der Waals surface area contributed by atoms with Crippen LogP contribution in [0.3, 0.4) is 0 Å². The third-order valence-corrected chi connectivity index (χ3v) is 5.60. The molecule has 1 aromatic carbocycles. The molecule has 1 heterocycles. The lowest BCUT2D eigenvalue weighted by molar-refractivity contribution is -0.138. The molecule has 1 aliphatic heterocycles. The van der Waals surface area contributed by atoms with Crippen LogP contribution in [-0.4, -0.2) is 48.6 Å². The predicted molar refractivity (Wildman–Crippen MR) is 105 cm³/mol. The number of nitrogens with zero attached hydrogens (tertiary/aromatic N) is 1. The van der Waals surface area contributed by atoms with E-state index in [9.17, 15) is 9.59 Å². The van der Waals surface area contributed by atoms with E-state index >= 15 is 0 Å². The molecule has 0 unspecified atom stereocenters. The molecule has 1 aliphatic carbocycles. The highest BCUT2D eigenvalue weighted by molar-refractivity contribution is 5.89. The monoisotopic (exact) mass is 372 g/mol. The van der Waals surface area contributed by atoms with Crippen molar-refractivity contribution in [2.24, 2.45) is 0 Å². The summed E-state index contributed by atoms with van der Waals surface area (Å²) in [6, 6.07) is 9.40. The fourth-order valence-electron chi connectivity index (χ4n) is 4.09. The summed E-state index contributed by atoms with van der Waals surface area (Å²) in [4.78, 5) is 26.9. The van der Waals surface area contributed by atoms with E-state index in [0.29, 0.717) is 32.2 Å². The summed E-state index contributed by atoms with van der Waals surface area (Å²) in [5.41, 5.74) is 0.994. The molecular weight excluding hydrogens is 340 g/mol. The van der Waals surface area contributed by atoms with Gasteiger partial charge in [0.1, 0.15) is 6.04 Å². The summed E-state index contributed by atoms with van der Waals surface area (Å²) >= 11 is 0. The van der Waals surface area contributed by atoms with Gasteiger partial charge in [0.2, 0.25) is 11.8 Å². The standard InChI is InChI=1S/C22H32N2O3/c25-21(17-18-9-3-1-4-10-18)24-15-7-13-20(24)22(26)23-14-8-16-27-19-11-5-2-6-12-19/h1,3-4,9-10,19-20H,2,5-8,11-17H2,(H,23,26)/t20-/m0/s1. The van der Waals surface area contributed by atoms with Gasteiger partial charge in [-0.3, -0.25) is 9.59 Å². The van der Waals surface area contributed by atoms with Crippen molar-refractivity contribution < 1.29 is 14.3 Å². The number of ether oxygens (including phenoxy) is 1. The fraction of sp³-hybridized carbons (Fsp3) is 0.636. The van der Waals surface area contributed by atoms with E-state index in [0.717, 1.165) is 24.8 Å². The highest BCUT2D eigenvalue weighted by atomic mass is 16.5. The topological polar surface area (TPSA) is 58.6 Å². The van der Waals surface area contributed by atoms with Crippen molar-refractivity contribution in [3.8, 4) is 0 Å². The van der Waals surface area contributed by atoms with Gasteiger partial charge < -0.3 is 15.0 Å². The minimum Gasteiger partial charge on any atom is -0.378 e. The summed E-state index contributed by atoms with van der Waals surface area (Å²) in [6.07, 6.45) is 9.47. The van der Waals surface area contributed by atoms with Gasteiger partial charge in [-0.1, -0.05) is 49.6 Å². The molecule has 5 heteroatoms. The van der Waals surface area contributed by atoms with E-state index in [4.69, 9.17) is 4.74 Å². The number of likely N-dealkylation sites (tertiary alicyclic amines) is 1. The molecule has 148 valence electrons. The Morgan fingerprint density at radius 2 is 1.81 bits per heavy atom. The van der Waals surface area contributed by atoms with Crippen LogP contribution in [0.5, 0.6) is 0 Å². The maximum absolute atomic E-state index is 12.6. The second-order valence-corrected chi connectivity index (χ2v) is 7.68. The van der Waals surface area contributed by atoms with Crippen LogP contribution in [-0.2, 0) is 20.7 Å². The second-order valence-electron chi connectivity index (χ2n) is 7.68. The number of carbonyl (C=O) groups excluding carboxylic acids is 2. The van der Waals surface area contributed by atoms with E-state index in [1.54, 1.807) is 4.90 Å². The lowest BCUT2D eigenvalue weighted by atomic mass is 9.98. The Balaban J connectivity index is 1.37. The Morgan fingerprint density at radius 1 is 1.04 bits per heavy atom. The van der Waals surface area contributed by atoms with Crippen molar-refractivity contribution in [3.05, 3.63) is 35.9 Å². The minimum absolute atomic E-state index is 0.0217. The zero-order valence-electron chi connectivity index (χ0n) is 16.2. The van der Waals surface area contributed by atoms with E-state index in [2.05, 4.69) is 5.32 Å². The number of carbonyl (C=O) groups is 2. The van der Waals surface area contributed by atoms with Gasteiger partial charge >= 0.3 is 0 Å². The van der Waals surface area contributed by atoms with Crippen LogP contribution in [0.1, 0.15) is 56.9 Å². The molecule has 1 N–H and O–H groups in total. The molecule has 2 fully saturated rings. The van der Waals surface area contributed by atoms with Crippen LogP contribution in [0.2, 0.25) is 0 Å². The van der Waals surface area contributed by atoms with Crippen LogP contribution >= 0.6 is 0 Å².